The van der Waals surface area contributed by atoms with Crippen LogP contribution in [-0.2, 0) is 11.3 Å². The van der Waals surface area contributed by atoms with Crippen molar-refractivity contribution >= 4 is 16.9 Å². The van der Waals surface area contributed by atoms with Crippen LogP contribution < -0.4 is 0 Å². The summed E-state index contributed by atoms with van der Waals surface area (Å²) in [6.45, 7) is 2.42. The fourth-order valence-electron chi connectivity index (χ4n) is 4.28. The molecule has 5 nitrogen and oxygen atoms in total. The predicted molar refractivity (Wildman–Crippen MR) is 97.0 cm³/mol. The van der Waals surface area contributed by atoms with Gasteiger partial charge in [-0.3, -0.25) is 4.79 Å². The molecule has 1 amide bonds. The van der Waals surface area contributed by atoms with E-state index in [1.54, 1.807) is 0 Å². The van der Waals surface area contributed by atoms with Gasteiger partial charge in [0.05, 0.1) is 24.0 Å². The minimum Gasteiger partial charge on any atom is -0.396 e. The Bertz CT molecular complexity index is 752. The summed E-state index contributed by atoms with van der Waals surface area (Å²) in [5, 5.41) is 9.97. The van der Waals surface area contributed by atoms with Gasteiger partial charge in [-0.05, 0) is 37.3 Å². The first-order valence-electron chi connectivity index (χ1n) is 9.48. The molecule has 2 aliphatic rings. The second-order valence-electron chi connectivity index (χ2n) is 7.90. The van der Waals surface area contributed by atoms with Gasteiger partial charge in [-0.1, -0.05) is 25.0 Å². The molecule has 0 radical (unpaired) electrons. The van der Waals surface area contributed by atoms with Crippen LogP contribution in [0.15, 0.2) is 30.6 Å². The van der Waals surface area contributed by atoms with Gasteiger partial charge >= 0.3 is 0 Å². The smallest absolute Gasteiger partial charge is 0.224 e. The second kappa shape index (κ2) is 6.79. The Hall–Kier alpha value is -1.88. The van der Waals surface area contributed by atoms with Gasteiger partial charge in [0.25, 0.3) is 0 Å². The van der Waals surface area contributed by atoms with Gasteiger partial charge in [0.1, 0.15) is 0 Å². The summed E-state index contributed by atoms with van der Waals surface area (Å²) in [4.78, 5) is 19.1. The number of hydrogen-bond acceptors (Lipinski definition) is 3. The van der Waals surface area contributed by atoms with Gasteiger partial charge in [-0.15, -0.1) is 0 Å². The number of carbonyl (C=O) groups is 1. The van der Waals surface area contributed by atoms with E-state index in [2.05, 4.69) is 9.55 Å². The topological polar surface area (TPSA) is 58.4 Å². The number of benzene rings is 1. The van der Waals surface area contributed by atoms with E-state index in [9.17, 15) is 9.90 Å². The minimum atomic E-state index is -0.0588. The Morgan fingerprint density at radius 1 is 1.32 bits per heavy atom. The molecule has 0 bridgehead atoms. The molecule has 2 heterocycles. The van der Waals surface area contributed by atoms with Crippen LogP contribution in [0.1, 0.15) is 38.5 Å². The number of imidazole rings is 1. The molecule has 1 aliphatic heterocycles. The second-order valence-corrected chi connectivity index (χ2v) is 7.90. The number of carbonyl (C=O) groups excluding carboxylic acids is 1. The van der Waals surface area contributed by atoms with E-state index in [4.69, 9.17) is 0 Å². The number of para-hydroxylation sites is 2. The molecule has 1 saturated carbocycles. The lowest BCUT2D eigenvalue weighted by Gasteiger charge is -2.42. The normalized spacial score (nSPS) is 24.0. The first kappa shape index (κ1) is 16.6. The Morgan fingerprint density at radius 2 is 2.16 bits per heavy atom. The highest BCUT2D eigenvalue weighted by molar-refractivity contribution is 5.77. The largest absolute Gasteiger partial charge is 0.396 e. The molecular formula is C20H27N3O2. The molecular weight excluding hydrogens is 314 g/mol. The van der Waals surface area contributed by atoms with Gasteiger partial charge in [0.15, 0.2) is 0 Å². The molecule has 1 aliphatic carbocycles. The Kier molecular flexibility index (Phi) is 4.50. The monoisotopic (exact) mass is 341 g/mol. The van der Waals surface area contributed by atoms with Crippen LogP contribution in [0.25, 0.3) is 11.0 Å². The molecule has 1 N–H and O–H groups in total. The number of aromatic nitrogens is 2. The average Bonchev–Trinajstić information content (AvgIpc) is 3.36. The lowest BCUT2D eigenvalue weighted by Crippen LogP contribution is -2.48. The highest BCUT2D eigenvalue weighted by Crippen LogP contribution is 2.44. The zero-order chi connectivity index (χ0) is 17.3. The molecule has 0 spiro atoms. The molecule has 1 aromatic carbocycles. The van der Waals surface area contributed by atoms with Crippen LogP contribution in [-0.4, -0.2) is 45.2 Å². The molecule has 2 aromatic rings. The number of amides is 1. The lowest BCUT2D eigenvalue weighted by molar-refractivity contribution is -0.136. The van der Waals surface area contributed by atoms with Crippen LogP contribution in [0.2, 0.25) is 0 Å². The van der Waals surface area contributed by atoms with E-state index in [-0.39, 0.29) is 17.9 Å². The van der Waals surface area contributed by atoms with Gasteiger partial charge in [0.2, 0.25) is 5.91 Å². The van der Waals surface area contributed by atoms with Crippen LogP contribution in [0.3, 0.4) is 0 Å². The van der Waals surface area contributed by atoms with Crippen LogP contribution in [0.4, 0.5) is 0 Å². The number of aryl methyl sites for hydroxylation is 1. The molecule has 1 atom stereocenters. The van der Waals surface area contributed by atoms with Crippen molar-refractivity contribution in [1.82, 2.24) is 14.5 Å². The average molecular weight is 341 g/mol. The molecule has 5 heteroatoms. The van der Waals surface area contributed by atoms with Crippen molar-refractivity contribution in [2.75, 3.05) is 19.7 Å². The van der Waals surface area contributed by atoms with Crippen molar-refractivity contribution in [3.63, 3.8) is 0 Å². The predicted octanol–water partition coefficient (Wildman–Crippen LogP) is 2.83. The third kappa shape index (κ3) is 3.56. The number of aliphatic hydroxyl groups excluding tert-OH is 1. The zero-order valence-electron chi connectivity index (χ0n) is 14.7. The maximum Gasteiger partial charge on any atom is 0.224 e. The molecule has 1 aromatic heterocycles. The number of piperidine rings is 1. The maximum absolute atomic E-state index is 12.7. The van der Waals surface area contributed by atoms with Crippen LogP contribution in [0.5, 0.6) is 0 Å². The summed E-state index contributed by atoms with van der Waals surface area (Å²) in [5.74, 6) is 0.977. The van der Waals surface area contributed by atoms with Crippen molar-refractivity contribution in [3.05, 3.63) is 30.6 Å². The third-order valence-corrected chi connectivity index (χ3v) is 5.86. The summed E-state index contributed by atoms with van der Waals surface area (Å²) >= 11 is 0. The van der Waals surface area contributed by atoms with Crippen LogP contribution >= 0.6 is 0 Å². The zero-order valence-corrected chi connectivity index (χ0v) is 14.7. The quantitative estimate of drug-likeness (QED) is 0.879. The van der Waals surface area contributed by atoms with E-state index in [0.29, 0.717) is 13.0 Å². The number of nitrogens with zero attached hydrogens (tertiary/aromatic N) is 3. The number of aliphatic hydroxyl groups is 1. The summed E-state index contributed by atoms with van der Waals surface area (Å²) in [6, 6.07) is 8.01. The number of hydrogen-bond donors (Lipinski definition) is 1. The molecule has 1 saturated heterocycles. The van der Waals surface area contributed by atoms with Gasteiger partial charge in [-0.2, -0.15) is 0 Å². The van der Waals surface area contributed by atoms with E-state index < -0.39 is 0 Å². The van der Waals surface area contributed by atoms with Crippen molar-refractivity contribution in [1.29, 1.82) is 0 Å². The fourth-order valence-corrected chi connectivity index (χ4v) is 4.28. The van der Waals surface area contributed by atoms with Crippen molar-refractivity contribution in [2.24, 2.45) is 11.3 Å². The first-order valence-corrected chi connectivity index (χ1v) is 9.48. The van der Waals surface area contributed by atoms with E-state index in [1.807, 2.05) is 35.5 Å². The van der Waals surface area contributed by atoms with Crippen molar-refractivity contribution in [3.8, 4) is 0 Å². The summed E-state index contributed by atoms with van der Waals surface area (Å²) in [7, 11) is 0. The molecule has 1 unspecified atom stereocenters. The van der Waals surface area contributed by atoms with Gasteiger partial charge < -0.3 is 14.6 Å². The number of fused-ring (bicyclic) bond motifs is 1. The Balaban J connectivity index is 1.38. The standard InChI is InChI=1S/C20H27N3O2/c24-14-20(12-16-6-7-16)9-3-10-22(13-20)19(25)8-11-23-15-21-17-4-1-2-5-18(17)23/h1-2,4-5,15-16,24H,3,6-14H2. The molecule has 134 valence electrons. The molecule has 4 rings (SSSR count). The fraction of sp³-hybridized carbons (Fsp3) is 0.600. The van der Waals surface area contributed by atoms with E-state index in [1.165, 1.54) is 12.8 Å². The summed E-state index contributed by atoms with van der Waals surface area (Å²) < 4.78 is 2.06. The molecule has 25 heavy (non-hydrogen) atoms. The van der Waals surface area contributed by atoms with E-state index in [0.717, 1.165) is 49.3 Å². The summed E-state index contributed by atoms with van der Waals surface area (Å²) in [5.41, 5.74) is 1.99. The SMILES string of the molecule is O=C(CCn1cnc2ccccc21)N1CCCC(CO)(CC2CC2)C1. The van der Waals surface area contributed by atoms with E-state index >= 15 is 0 Å². The van der Waals surface area contributed by atoms with Crippen LogP contribution in [0, 0.1) is 11.3 Å². The Morgan fingerprint density at radius 3 is 2.96 bits per heavy atom. The van der Waals surface area contributed by atoms with Gasteiger partial charge in [0, 0.05) is 31.5 Å². The highest BCUT2D eigenvalue weighted by Gasteiger charge is 2.40. The third-order valence-electron chi connectivity index (χ3n) is 5.86. The highest BCUT2D eigenvalue weighted by atomic mass is 16.3. The first-order chi connectivity index (χ1) is 12.2. The maximum atomic E-state index is 12.7. The minimum absolute atomic E-state index is 0.0588. The van der Waals surface area contributed by atoms with Gasteiger partial charge in [-0.25, -0.2) is 4.98 Å². The number of likely N-dealkylation sites (tertiary alicyclic amines) is 1. The summed E-state index contributed by atoms with van der Waals surface area (Å²) in [6.07, 6.45) is 8.04. The Labute approximate surface area is 148 Å². The number of rotatable bonds is 6. The van der Waals surface area contributed by atoms with Crippen molar-refractivity contribution in [2.45, 2.75) is 45.1 Å². The molecule has 2 fully saturated rings. The van der Waals surface area contributed by atoms with Crippen molar-refractivity contribution < 1.29 is 9.90 Å². The lowest BCUT2D eigenvalue weighted by atomic mass is 9.76.